The number of nitrogens with one attached hydrogen (secondary N) is 2. The number of carbonyl (C=O) groups excluding carboxylic acids is 1. The Kier molecular flexibility index (Phi) is 7.71. The van der Waals surface area contributed by atoms with E-state index in [2.05, 4.69) is 10.0 Å². The number of hydrogen-bond donors (Lipinski definition) is 2. The molecule has 3 aromatic carbocycles. The van der Waals surface area contributed by atoms with Gasteiger partial charge in [-0.05, 0) is 67.4 Å². The average molecular weight is 518 g/mol. The topological polar surface area (TPSA) is 122 Å². The van der Waals surface area contributed by atoms with Gasteiger partial charge in [0.25, 0.3) is 10.0 Å². The van der Waals surface area contributed by atoms with Gasteiger partial charge >= 0.3 is 0 Å². The van der Waals surface area contributed by atoms with Crippen molar-refractivity contribution < 1.29 is 26.4 Å². The van der Waals surface area contributed by atoms with Crippen LogP contribution in [0.3, 0.4) is 0 Å². The number of benzene rings is 3. The lowest BCUT2D eigenvalue weighted by molar-refractivity contribution is -0.114. The maximum Gasteiger partial charge on any atom is 0.261 e. The molecule has 11 heteroatoms. The molecule has 0 aliphatic rings. The number of para-hydroxylation sites is 2. The first-order valence-corrected chi connectivity index (χ1v) is 13.8. The molecule has 35 heavy (non-hydrogen) atoms. The van der Waals surface area contributed by atoms with Crippen molar-refractivity contribution in [3.63, 3.8) is 0 Å². The molecule has 9 nitrogen and oxygen atoms in total. The Hall–Kier alpha value is -3.57. The number of anilines is 3. The van der Waals surface area contributed by atoms with Gasteiger partial charge in [0.15, 0.2) is 0 Å². The molecule has 0 unspecified atom stereocenters. The van der Waals surface area contributed by atoms with E-state index in [1.54, 1.807) is 31.2 Å². The van der Waals surface area contributed by atoms with Crippen molar-refractivity contribution in [1.29, 1.82) is 0 Å². The molecule has 2 N–H and O–H groups in total. The molecule has 0 atom stereocenters. The van der Waals surface area contributed by atoms with Crippen molar-refractivity contribution in [3.05, 3.63) is 77.9 Å². The molecule has 0 radical (unpaired) electrons. The molecular formula is C24H27N3O6S2. The van der Waals surface area contributed by atoms with Crippen LogP contribution in [0.1, 0.15) is 11.1 Å². The SMILES string of the molecule is COc1ccccc1N(CC(=O)Nc1ccc(S(=O)(=O)Nc2cc(C)ccc2C)cc1)S(C)(=O)=O. The van der Waals surface area contributed by atoms with Gasteiger partial charge in [0, 0.05) is 5.69 Å². The van der Waals surface area contributed by atoms with Gasteiger partial charge in [0.2, 0.25) is 15.9 Å². The fourth-order valence-electron chi connectivity index (χ4n) is 3.31. The van der Waals surface area contributed by atoms with E-state index >= 15 is 0 Å². The Balaban J connectivity index is 1.75. The van der Waals surface area contributed by atoms with Crippen LogP contribution >= 0.6 is 0 Å². The van der Waals surface area contributed by atoms with Crippen LogP contribution in [0.4, 0.5) is 17.1 Å². The maximum absolute atomic E-state index is 12.8. The monoisotopic (exact) mass is 517 g/mol. The summed E-state index contributed by atoms with van der Waals surface area (Å²) in [6, 6.07) is 17.5. The quantitative estimate of drug-likeness (QED) is 0.448. The van der Waals surface area contributed by atoms with Crippen molar-refractivity contribution in [3.8, 4) is 5.75 Å². The molecule has 3 aromatic rings. The van der Waals surface area contributed by atoms with E-state index in [9.17, 15) is 21.6 Å². The fraction of sp³-hybridized carbons (Fsp3) is 0.208. The third kappa shape index (κ3) is 6.52. The fourth-order valence-corrected chi connectivity index (χ4v) is 5.30. The van der Waals surface area contributed by atoms with E-state index in [1.807, 2.05) is 19.1 Å². The molecule has 0 spiro atoms. The first-order chi connectivity index (χ1) is 16.4. The molecule has 0 saturated heterocycles. The molecule has 0 aliphatic heterocycles. The molecule has 0 fully saturated rings. The lowest BCUT2D eigenvalue weighted by Crippen LogP contribution is -2.37. The van der Waals surface area contributed by atoms with Crippen LogP contribution in [-0.2, 0) is 24.8 Å². The summed E-state index contributed by atoms with van der Waals surface area (Å²) in [6.07, 6.45) is 0.995. The van der Waals surface area contributed by atoms with Crippen molar-refractivity contribution >= 4 is 43.0 Å². The highest BCUT2D eigenvalue weighted by atomic mass is 32.2. The highest BCUT2D eigenvalue weighted by Crippen LogP contribution is 2.29. The molecule has 0 aliphatic carbocycles. The van der Waals surface area contributed by atoms with Gasteiger partial charge in [-0.15, -0.1) is 0 Å². The van der Waals surface area contributed by atoms with Gasteiger partial charge in [0.05, 0.1) is 29.6 Å². The number of methoxy groups -OCH3 is 1. The maximum atomic E-state index is 12.8. The normalized spacial score (nSPS) is 11.5. The second-order valence-corrected chi connectivity index (χ2v) is 11.5. The van der Waals surface area contributed by atoms with E-state index in [0.717, 1.165) is 21.7 Å². The standard InChI is InChI=1S/C24H27N3O6S2/c1-17-9-10-18(2)21(15-17)26-35(31,32)20-13-11-19(12-14-20)25-24(28)16-27(34(4,29)30)22-7-5-6-8-23(22)33-3/h5-15,26H,16H2,1-4H3,(H,25,28). The molecule has 0 heterocycles. The Bertz CT molecular complexity index is 1440. The van der Waals surface area contributed by atoms with Crippen LogP contribution in [0.2, 0.25) is 0 Å². The van der Waals surface area contributed by atoms with Crippen LogP contribution in [0.5, 0.6) is 5.75 Å². The third-order valence-corrected chi connectivity index (χ3v) is 7.64. The summed E-state index contributed by atoms with van der Waals surface area (Å²) in [6.45, 7) is 3.18. The second-order valence-electron chi connectivity index (χ2n) is 7.94. The van der Waals surface area contributed by atoms with Crippen LogP contribution in [0, 0.1) is 13.8 Å². The summed E-state index contributed by atoms with van der Waals surface area (Å²) in [4.78, 5) is 12.7. The molecule has 186 valence electrons. The number of hydrogen-bond acceptors (Lipinski definition) is 6. The summed E-state index contributed by atoms with van der Waals surface area (Å²) in [5.74, 6) is -0.304. The number of rotatable bonds is 9. The number of carbonyl (C=O) groups is 1. The van der Waals surface area contributed by atoms with Crippen molar-refractivity contribution in [2.24, 2.45) is 0 Å². The zero-order valence-electron chi connectivity index (χ0n) is 19.8. The van der Waals surface area contributed by atoms with Crippen LogP contribution in [-0.4, -0.2) is 42.7 Å². The minimum atomic E-state index is -3.84. The highest BCUT2D eigenvalue weighted by molar-refractivity contribution is 7.92. The molecular weight excluding hydrogens is 490 g/mol. The number of aryl methyl sites for hydroxylation is 2. The van der Waals surface area contributed by atoms with Gasteiger partial charge in [-0.2, -0.15) is 0 Å². The molecule has 3 rings (SSSR count). The van der Waals surface area contributed by atoms with Crippen molar-refractivity contribution in [2.45, 2.75) is 18.7 Å². The zero-order valence-corrected chi connectivity index (χ0v) is 21.4. The Morgan fingerprint density at radius 1 is 0.943 bits per heavy atom. The van der Waals surface area contributed by atoms with Crippen LogP contribution in [0.15, 0.2) is 71.6 Å². The third-order valence-electron chi connectivity index (χ3n) is 5.13. The predicted octanol–water partition coefficient (Wildman–Crippen LogP) is 3.52. The van der Waals surface area contributed by atoms with Gasteiger partial charge in [-0.1, -0.05) is 24.3 Å². The van der Waals surface area contributed by atoms with Crippen molar-refractivity contribution in [1.82, 2.24) is 0 Å². The van der Waals surface area contributed by atoms with Crippen LogP contribution in [0.25, 0.3) is 0 Å². The Morgan fingerprint density at radius 2 is 1.60 bits per heavy atom. The van der Waals surface area contributed by atoms with Gasteiger partial charge in [-0.3, -0.25) is 13.8 Å². The summed E-state index contributed by atoms with van der Waals surface area (Å²) in [7, 11) is -6.23. The molecule has 0 aromatic heterocycles. The first kappa shape index (κ1) is 26.0. The summed E-state index contributed by atoms with van der Waals surface area (Å²) in [5, 5.41) is 2.60. The minimum absolute atomic E-state index is 0.0168. The minimum Gasteiger partial charge on any atom is -0.495 e. The summed E-state index contributed by atoms with van der Waals surface area (Å²) < 4.78 is 59.0. The number of amides is 1. The average Bonchev–Trinajstić information content (AvgIpc) is 2.79. The van der Waals surface area contributed by atoms with Crippen molar-refractivity contribution in [2.75, 3.05) is 34.3 Å². The molecule has 1 amide bonds. The summed E-state index contributed by atoms with van der Waals surface area (Å²) in [5.41, 5.74) is 2.73. The Morgan fingerprint density at radius 3 is 2.23 bits per heavy atom. The zero-order chi connectivity index (χ0) is 25.8. The first-order valence-electron chi connectivity index (χ1n) is 10.5. The Labute approximate surface area is 205 Å². The predicted molar refractivity (Wildman–Crippen MR) is 137 cm³/mol. The van der Waals surface area contributed by atoms with Crippen LogP contribution < -0.4 is 19.1 Å². The van der Waals surface area contributed by atoms with Gasteiger partial charge < -0.3 is 10.1 Å². The lowest BCUT2D eigenvalue weighted by Gasteiger charge is -2.23. The molecule has 0 saturated carbocycles. The lowest BCUT2D eigenvalue weighted by atomic mass is 10.1. The largest absolute Gasteiger partial charge is 0.495 e. The number of sulfonamides is 2. The number of ether oxygens (including phenoxy) is 1. The summed E-state index contributed by atoms with van der Waals surface area (Å²) >= 11 is 0. The van der Waals surface area contributed by atoms with E-state index in [-0.39, 0.29) is 10.6 Å². The van der Waals surface area contributed by atoms with Gasteiger partial charge in [0.1, 0.15) is 12.3 Å². The number of nitrogens with zero attached hydrogens (tertiary/aromatic N) is 1. The molecule has 0 bridgehead atoms. The van der Waals surface area contributed by atoms with E-state index in [4.69, 9.17) is 4.74 Å². The van der Waals surface area contributed by atoms with E-state index in [1.165, 1.54) is 37.4 Å². The van der Waals surface area contributed by atoms with Gasteiger partial charge in [-0.25, -0.2) is 16.8 Å². The van der Waals surface area contributed by atoms with E-state index in [0.29, 0.717) is 17.1 Å². The highest BCUT2D eigenvalue weighted by Gasteiger charge is 2.24. The second kappa shape index (κ2) is 10.4. The van der Waals surface area contributed by atoms with E-state index < -0.39 is 32.5 Å². The smallest absolute Gasteiger partial charge is 0.261 e.